The lowest BCUT2D eigenvalue weighted by Gasteiger charge is -2.21. The fourth-order valence-corrected chi connectivity index (χ4v) is 4.45. The molecule has 110 valence electrons. The molecule has 2 unspecified atom stereocenters. The third kappa shape index (κ3) is 3.02. The molecule has 1 N–H and O–H groups in total. The first-order valence-electron chi connectivity index (χ1n) is 6.63. The molecule has 1 aliphatic heterocycles. The van der Waals surface area contributed by atoms with Gasteiger partial charge in [0, 0.05) is 12.6 Å². The van der Waals surface area contributed by atoms with Crippen LogP contribution in [0.25, 0.3) is 0 Å². The third-order valence-electron chi connectivity index (χ3n) is 3.61. The van der Waals surface area contributed by atoms with Crippen LogP contribution in [-0.4, -0.2) is 36.4 Å². The van der Waals surface area contributed by atoms with E-state index >= 15 is 0 Å². The maximum Gasteiger partial charge on any atom is 0.307 e. The lowest BCUT2D eigenvalue weighted by Crippen LogP contribution is -2.34. The summed E-state index contributed by atoms with van der Waals surface area (Å²) >= 11 is 0. The Morgan fingerprint density at radius 1 is 1.30 bits per heavy atom. The molecule has 1 aromatic rings. The van der Waals surface area contributed by atoms with Crippen LogP contribution in [-0.2, 0) is 21.2 Å². The molecule has 2 rings (SSSR count). The second-order valence-corrected chi connectivity index (χ2v) is 7.37. The molecule has 1 saturated heterocycles. The van der Waals surface area contributed by atoms with Gasteiger partial charge in [-0.15, -0.1) is 0 Å². The van der Waals surface area contributed by atoms with Crippen molar-refractivity contribution in [3.05, 3.63) is 29.8 Å². The number of carbonyl (C=O) groups is 1. The highest BCUT2D eigenvalue weighted by atomic mass is 32.2. The predicted octanol–water partition coefficient (Wildman–Crippen LogP) is 1.73. The highest BCUT2D eigenvalue weighted by Crippen LogP contribution is 2.29. The summed E-state index contributed by atoms with van der Waals surface area (Å²) in [5.41, 5.74) is 0.597. The maximum atomic E-state index is 12.5. The smallest absolute Gasteiger partial charge is 0.307 e. The molecule has 5 nitrogen and oxygen atoms in total. The number of benzene rings is 1. The second kappa shape index (κ2) is 5.54. The van der Waals surface area contributed by atoms with Gasteiger partial charge in [-0.05, 0) is 37.0 Å². The minimum absolute atomic E-state index is 0.00805. The number of sulfonamides is 1. The highest BCUT2D eigenvalue weighted by Gasteiger charge is 2.35. The van der Waals surface area contributed by atoms with Crippen LogP contribution in [0.1, 0.15) is 25.8 Å². The van der Waals surface area contributed by atoms with Gasteiger partial charge < -0.3 is 5.11 Å². The topological polar surface area (TPSA) is 74.7 Å². The average Bonchev–Trinajstić information content (AvgIpc) is 2.69. The summed E-state index contributed by atoms with van der Waals surface area (Å²) in [6, 6.07) is 6.11. The quantitative estimate of drug-likeness (QED) is 0.918. The fourth-order valence-electron chi connectivity index (χ4n) is 2.69. The lowest BCUT2D eigenvalue weighted by molar-refractivity contribution is -0.136. The maximum absolute atomic E-state index is 12.5. The molecule has 0 saturated carbocycles. The first kappa shape index (κ1) is 15.0. The molecule has 0 amide bonds. The number of carboxylic acids is 1. The fraction of sp³-hybridized carbons (Fsp3) is 0.500. The molecule has 1 fully saturated rings. The van der Waals surface area contributed by atoms with E-state index in [0.29, 0.717) is 18.0 Å². The third-order valence-corrected chi connectivity index (χ3v) is 5.61. The minimum Gasteiger partial charge on any atom is -0.481 e. The number of hydrogen-bond donors (Lipinski definition) is 1. The number of aliphatic carboxylic acids is 1. The zero-order valence-electron chi connectivity index (χ0n) is 11.6. The summed E-state index contributed by atoms with van der Waals surface area (Å²) in [6.07, 6.45) is 0.772. The Kier molecular flexibility index (Phi) is 4.15. The second-order valence-electron chi connectivity index (χ2n) is 5.48. The standard InChI is InChI=1S/C14H19NO4S/c1-10-7-11(2)15(9-10)20(18,19)13-5-3-12(4-6-13)8-14(16)17/h3-6,10-11H,7-9H2,1-2H3,(H,16,17). The summed E-state index contributed by atoms with van der Waals surface area (Å²) in [5, 5.41) is 8.71. The summed E-state index contributed by atoms with van der Waals surface area (Å²) in [5.74, 6) is -0.561. The summed E-state index contributed by atoms with van der Waals surface area (Å²) in [4.78, 5) is 10.8. The van der Waals surface area contributed by atoms with E-state index < -0.39 is 16.0 Å². The van der Waals surface area contributed by atoms with E-state index in [9.17, 15) is 13.2 Å². The van der Waals surface area contributed by atoms with Crippen molar-refractivity contribution in [1.29, 1.82) is 0 Å². The molecule has 0 spiro atoms. The monoisotopic (exact) mass is 297 g/mol. The molecule has 0 radical (unpaired) electrons. The molecule has 1 aliphatic rings. The van der Waals surface area contributed by atoms with Gasteiger partial charge in [-0.25, -0.2) is 8.42 Å². The first-order valence-corrected chi connectivity index (χ1v) is 8.07. The van der Waals surface area contributed by atoms with E-state index in [1.54, 1.807) is 12.1 Å². The van der Waals surface area contributed by atoms with Crippen LogP contribution in [0.5, 0.6) is 0 Å². The molecule has 6 heteroatoms. The first-order chi connectivity index (χ1) is 9.30. The van der Waals surface area contributed by atoms with Crippen LogP contribution in [0.4, 0.5) is 0 Å². The molecule has 20 heavy (non-hydrogen) atoms. The van der Waals surface area contributed by atoms with Crippen molar-refractivity contribution in [2.45, 2.75) is 37.6 Å². The molecule has 1 heterocycles. The van der Waals surface area contributed by atoms with Crippen LogP contribution >= 0.6 is 0 Å². The van der Waals surface area contributed by atoms with Gasteiger partial charge in [0.2, 0.25) is 10.0 Å². The molecular formula is C14H19NO4S. The zero-order valence-corrected chi connectivity index (χ0v) is 12.4. The average molecular weight is 297 g/mol. The SMILES string of the molecule is CC1CC(C)N(S(=O)(=O)c2ccc(CC(=O)O)cc2)C1. The van der Waals surface area contributed by atoms with Gasteiger partial charge in [-0.3, -0.25) is 4.79 Å². The van der Waals surface area contributed by atoms with Crippen LogP contribution in [0.3, 0.4) is 0 Å². The Morgan fingerprint density at radius 2 is 1.90 bits per heavy atom. The van der Waals surface area contributed by atoms with Crippen LogP contribution in [0.2, 0.25) is 0 Å². The van der Waals surface area contributed by atoms with Crippen molar-refractivity contribution >= 4 is 16.0 Å². The lowest BCUT2D eigenvalue weighted by atomic mass is 10.1. The number of rotatable bonds is 4. The molecule has 0 aromatic heterocycles. The molecular weight excluding hydrogens is 278 g/mol. The van der Waals surface area contributed by atoms with Crippen molar-refractivity contribution < 1.29 is 18.3 Å². The number of carboxylic acid groups (broad SMARTS) is 1. The largest absolute Gasteiger partial charge is 0.481 e. The Bertz CT molecular complexity index is 594. The van der Waals surface area contributed by atoms with Gasteiger partial charge in [0.15, 0.2) is 0 Å². The van der Waals surface area contributed by atoms with Gasteiger partial charge in [0.05, 0.1) is 11.3 Å². The van der Waals surface area contributed by atoms with Gasteiger partial charge in [-0.1, -0.05) is 19.1 Å². The van der Waals surface area contributed by atoms with Gasteiger partial charge in [0.1, 0.15) is 0 Å². The molecule has 0 aliphatic carbocycles. The number of hydrogen-bond acceptors (Lipinski definition) is 3. The zero-order chi connectivity index (χ0) is 14.9. The Morgan fingerprint density at radius 3 is 2.35 bits per heavy atom. The molecule has 2 atom stereocenters. The van der Waals surface area contributed by atoms with E-state index in [1.165, 1.54) is 16.4 Å². The van der Waals surface area contributed by atoms with Crippen LogP contribution in [0.15, 0.2) is 29.2 Å². The van der Waals surface area contributed by atoms with E-state index in [2.05, 4.69) is 0 Å². The highest BCUT2D eigenvalue weighted by molar-refractivity contribution is 7.89. The summed E-state index contributed by atoms with van der Waals surface area (Å²) < 4.78 is 26.6. The Hall–Kier alpha value is -1.40. The van der Waals surface area contributed by atoms with Crippen molar-refractivity contribution in [1.82, 2.24) is 4.31 Å². The van der Waals surface area contributed by atoms with Crippen molar-refractivity contribution in [2.75, 3.05) is 6.54 Å². The van der Waals surface area contributed by atoms with Crippen LogP contribution < -0.4 is 0 Å². The molecule has 1 aromatic carbocycles. The van der Waals surface area contributed by atoms with Crippen LogP contribution in [0, 0.1) is 5.92 Å². The van der Waals surface area contributed by atoms with Gasteiger partial charge in [-0.2, -0.15) is 4.31 Å². The van der Waals surface area contributed by atoms with Crippen molar-refractivity contribution in [3.63, 3.8) is 0 Å². The normalized spacial score (nSPS) is 23.9. The molecule has 0 bridgehead atoms. The van der Waals surface area contributed by atoms with Crippen molar-refractivity contribution in [2.24, 2.45) is 5.92 Å². The van der Waals surface area contributed by atoms with E-state index in [-0.39, 0.29) is 17.4 Å². The van der Waals surface area contributed by atoms with Crippen molar-refractivity contribution in [3.8, 4) is 0 Å². The van der Waals surface area contributed by atoms with E-state index in [1.807, 2.05) is 13.8 Å². The minimum atomic E-state index is -3.48. The predicted molar refractivity (Wildman–Crippen MR) is 74.9 cm³/mol. The summed E-state index contributed by atoms with van der Waals surface area (Å²) in [6.45, 7) is 4.50. The summed E-state index contributed by atoms with van der Waals surface area (Å²) in [7, 11) is -3.48. The van der Waals surface area contributed by atoms with Gasteiger partial charge in [0.25, 0.3) is 0 Å². The number of nitrogens with zero attached hydrogens (tertiary/aromatic N) is 1. The van der Waals surface area contributed by atoms with E-state index in [4.69, 9.17) is 5.11 Å². The Balaban J connectivity index is 2.24. The van der Waals surface area contributed by atoms with Gasteiger partial charge >= 0.3 is 5.97 Å². The van der Waals surface area contributed by atoms with E-state index in [0.717, 1.165) is 6.42 Å². The Labute approximate surface area is 119 Å².